The van der Waals surface area contributed by atoms with Gasteiger partial charge < -0.3 is 19.3 Å². The van der Waals surface area contributed by atoms with Crippen molar-refractivity contribution in [2.45, 2.75) is 25.5 Å². The first kappa shape index (κ1) is 16.1. The summed E-state index contributed by atoms with van der Waals surface area (Å²) in [5.41, 5.74) is 0.971. The third-order valence-electron chi connectivity index (χ3n) is 4.29. The molecule has 0 spiro atoms. The number of amides is 1. The summed E-state index contributed by atoms with van der Waals surface area (Å²) in [6.07, 6.45) is 4.61. The fourth-order valence-corrected chi connectivity index (χ4v) is 2.99. The number of rotatable bonds is 3. The summed E-state index contributed by atoms with van der Waals surface area (Å²) >= 11 is 0. The van der Waals surface area contributed by atoms with Crippen LogP contribution in [0.3, 0.4) is 0 Å². The standard InChI is InChI=1S/C18H20N2O4/c21-13-17-20(9-4-12-23-17)16-7-10-19(11-8-16)18(22)24-14-15-5-2-1-3-6-15/h1-6,12,16H,7-11,14H2. The first-order valence-electron chi connectivity index (χ1n) is 8.07. The van der Waals surface area contributed by atoms with E-state index in [0.29, 0.717) is 19.6 Å². The van der Waals surface area contributed by atoms with Crippen LogP contribution in [-0.2, 0) is 20.9 Å². The molecule has 126 valence electrons. The number of benzene rings is 1. The van der Waals surface area contributed by atoms with Crippen LogP contribution in [0.2, 0.25) is 0 Å². The van der Waals surface area contributed by atoms with Crippen LogP contribution < -0.4 is 0 Å². The maximum atomic E-state index is 12.2. The van der Waals surface area contributed by atoms with Crippen molar-refractivity contribution in [3.8, 4) is 0 Å². The summed E-state index contributed by atoms with van der Waals surface area (Å²) in [5.74, 6) is 2.06. The molecule has 0 atom stereocenters. The van der Waals surface area contributed by atoms with Crippen LogP contribution in [0.1, 0.15) is 18.4 Å². The Labute approximate surface area is 140 Å². The molecule has 1 aromatic rings. The molecule has 0 bridgehead atoms. The second-order valence-electron chi connectivity index (χ2n) is 5.81. The van der Waals surface area contributed by atoms with E-state index < -0.39 is 0 Å². The van der Waals surface area contributed by atoms with Crippen molar-refractivity contribution in [1.82, 2.24) is 9.80 Å². The number of hydrogen-bond donors (Lipinski definition) is 0. The van der Waals surface area contributed by atoms with Gasteiger partial charge in [0.25, 0.3) is 5.88 Å². The average molecular weight is 328 g/mol. The van der Waals surface area contributed by atoms with Gasteiger partial charge in [-0.2, -0.15) is 0 Å². The lowest BCUT2D eigenvalue weighted by atomic mass is 10.0. The molecule has 1 amide bonds. The molecule has 2 aliphatic rings. The molecule has 0 N–H and O–H groups in total. The van der Waals surface area contributed by atoms with Gasteiger partial charge in [0.05, 0.1) is 6.26 Å². The van der Waals surface area contributed by atoms with Gasteiger partial charge in [0.15, 0.2) is 5.94 Å². The summed E-state index contributed by atoms with van der Waals surface area (Å²) in [6, 6.07) is 9.79. The van der Waals surface area contributed by atoms with Gasteiger partial charge >= 0.3 is 6.09 Å². The lowest BCUT2D eigenvalue weighted by Crippen LogP contribution is -2.47. The molecule has 0 radical (unpaired) electrons. The van der Waals surface area contributed by atoms with Crippen LogP contribution in [0, 0.1) is 0 Å². The number of ether oxygens (including phenoxy) is 2. The van der Waals surface area contributed by atoms with E-state index in [4.69, 9.17) is 9.47 Å². The molecular weight excluding hydrogens is 308 g/mol. The van der Waals surface area contributed by atoms with Crippen molar-refractivity contribution >= 4 is 12.0 Å². The van der Waals surface area contributed by atoms with Crippen LogP contribution in [0.4, 0.5) is 4.79 Å². The molecular formula is C18H20N2O4. The van der Waals surface area contributed by atoms with E-state index in [2.05, 4.69) is 0 Å². The fraction of sp³-hybridized carbons (Fsp3) is 0.389. The summed E-state index contributed by atoms with van der Waals surface area (Å²) in [6.45, 7) is 2.12. The lowest BCUT2D eigenvalue weighted by Gasteiger charge is -2.39. The number of likely N-dealkylation sites (tertiary alicyclic amines) is 1. The van der Waals surface area contributed by atoms with E-state index in [1.54, 1.807) is 4.90 Å². The molecule has 6 nitrogen and oxygen atoms in total. The molecule has 0 aromatic heterocycles. The highest BCUT2D eigenvalue weighted by Crippen LogP contribution is 2.22. The molecule has 1 aromatic carbocycles. The van der Waals surface area contributed by atoms with Crippen LogP contribution >= 0.6 is 0 Å². The molecule has 1 fully saturated rings. The SMILES string of the molecule is O=C=C1OC=CCN1C1CCN(C(=O)OCc2ccccc2)CC1. The Morgan fingerprint density at radius 2 is 2.00 bits per heavy atom. The van der Waals surface area contributed by atoms with Crippen molar-refractivity contribution in [2.24, 2.45) is 0 Å². The second-order valence-corrected chi connectivity index (χ2v) is 5.81. The number of carbonyl (C=O) groups excluding carboxylic acids is 2. The van der Waals surface area contributed by atoms with Gasteiger partial charge in [-0.25, -0.2) is 9.59 Å². The van der Waals surface area contributed by atoms with Gasteiger partial charge in [-0.15, -0.1) is 0 Å². The zero-order chi connectivity index (χ0) is 16.8. The summed E-state index contributed by atoms with van der Waals surface area (Å²) in [5, 5.41) is 0. The normalized spacial score (nSPS) is 18.1. The van der Waals surface area contributed by atoms with Crippen molar-refractivity contribution in [3.05, 3.63) is 54.1 Å². The van der Waals surface area contributed by atoms with Gasteiger partial charge in [0, 0.05) is 25.7 Å². The smallest absolute Gasteiger partial charge is 0.410 e. The number of carbonyl (C=O) groups is 1. The minimum atomic E-state index is -0.293. The van der Waals surface area contributed by atoms with Gasteiger partial charge in [0.2, 0.25) is 0 Å². The molecule has 2 heterocycles. The largest absolute Gasteiger partial charge is 0.445 e. The molecule has 0 saturated carbocycles. The summed E-state index contributed by atoms with van der Waals surface area (Å²) in [7, 11) is 0. The maximum absolute atomic E-state index is 12.2. The monoisotopic (exact) mass is 328 g/mol. The minimum Gasteiger partial charge on any atom is -0.445 e. The average Bonchev–Trinajstić information content (AvgIpc) is 2.67. The quantitative estimate of drug-likeness (QED) is 0.797. The fourth-order valence-electron chi connectivity index (χ4n) is 2.99. The van der Waals surface area contributed by atoms with Crippen molar-refractivity contribution in [2.75, 3.05) is 19.6 Å². The van der Waals surface area contributed by atoms with E-state index in [-0.39, 0.29) is 24.6 Å². The lowest BCUT2D eigenvalue weighted by molar-refractivity contribution is 0.0620. The molecule has 0 unspecified atom stereocenters. The Hall–Kier alpha value is -2.72. The molecule has 0 aliphatic carbocycles. The topological polar surface area (TPSA) is 59.1 Å². The third-order valence-corrected chi connectivity index (χ3v) is 4.29. The Morgan fingerprint density at radius 1 is 1.25 bits per heavy atom. The zero-order valence-electron chi connectivity index (χ0n) is 13.4. The number of piperidine rings is 1. The van der Waals surface area contributed by atoms with Crippen molar-refractivity contribution in [1.29, 1.82) is 0 Å². The summed E-state index contributed by atoms with van der Waals surface area (Å²) < 4.78 is 10.5. The molecule has 24 heavy (non-hydrogen) atoms. The Balaban J connectivity index is 1.48. The Kier molecular flexibility index (Phi) is 5.18. The van der Waals surface area contributed by atoms with Crippen LogP contribution in [-0.4, -0.2) is 47.5 Å². The zero-order valence-corrected chi connectivity index (χ0v) is 13.4. The summed E-state index contributed by atoms with van der Waals surface area (Å²) in [4.78, 5) is 26.7. The van der Waals surface area contributed by atoms with Gasteiger partial charge in [-0.3, -0.25) is 0 Å². The van der Waals surface area contributed by atoms with E-state index in [1.165, 1.54) is 6.26 Å². The van der Waals surface area contributed by atoms with Gasteiger partial charge in [-0.05, 0) is 24.5 Å². The highest BCUT2D eigenvalue weighted by Gasteiger charge is 2.30. The number of hydrogen-bond acceptors (Lipinski definition) is 5. The first-order chi connectivity index (χ1) is 11.8. The number of nitrogens with zero attached hydrogens (tertiary/aromatic N) is 2. The van der Waals surface area contributed by atoms with Crippen LogP contribution in [0.5, 0.6) is 0 Å². The van der Waals surface area contributed by atoms with E-state index >= 15 is 0 Å². The Morgan fingerprint density at radius 3 is 2.71 bits per heavy atom. The van der Waals surface area contributed by atoms with E-state index in [1.807, 2.05) is 47.2 Å². The first-order valence-corrected chi connectivity index (χ1v) is 8.07. The maximum Gasteiger partial charge on any atom is 0.410 e. The van der Waals surface area contributed by atoms with Crippen molar-refractivity contribution < 1.29 is 19.1 Å². The Bertz CT molecular complexity index is 644. The molecule has 1 saturated heterocycles. The molecule has 6 heteroatoms. The molecule has 3 rings (SSSR count). The highest BCUT2D eigenvalue weighted by atomic mass is 16.6. The van der Waals surface area contributed by atoms with E-state index in [0.717, 1.165) is 18.4 Å². The minimum absolute atomic E-state index is 0.171. The van der Waals surface area contributed by atoms with Crippen molar-refractivity contribution in [3.63, 3.8) is 0 Å². The predicted molar refractivity (Wildman–Crippen MR) is 87.4 cm³/mol. The third kappa shape index (κ3) is 3.78. The van der Waals surface area contributed by atoms with Gasteiger partial charge in [-0.1, -0.05) is 30.3 Å². The second kappa shape index (κ2) is 7.70. The van der Waals surface area contributed by atoms with Gasteiger partial charge in [0.1, 0.15) is 6.61 Å². The highest BCUT2D eigenvalue weighted by molar-refractivity contribution is 5.67. The van der Waals surface area contributed by atoms with E-state index in [9.17, 15) is 9.59 Å². The predicted octanol–water partition coefficient (Wildman–Crippen LogP) is 2.31. The van der Waals surface area contributed by atoms with Crippen LogP contribution in [0.15, 0.2) is 48.6 Å². The van der Waals surface area contributed by atoms with Crippen LogP contribution in [0.25, 0.3) is 0 Å². The molecule has 2 aliphatic heterocycles.